The molecule has 1 amide bonds. The Kier molecular flexibility index (Phi) is 4.49. The number of carbonyl (C=O) groups excluding carboxylic acids is 1. The van der Waals surface area contributed by atoms with Crippen molar-refractivity contribution in [3.8, 4) is 0 Å². The summed E-state index contributed by atoms with van der Waals surface area (Å²) in [6.07, 6.45) is 1.22. The summed E-state index contributed by atoms with van der Waals surface area (Å²) >= 11 is 0. The van der Waals surface area contributed by atoms with E-state index in [0.29, 0.717) is 36.5 Å². The number of amides is 1. The van der Waals surface area contributed by atoms with Crippen LogP contribution in [0, 0.1) is 26.6 Å². The molecule has 0 aliphatic carbocycles. The number of pyridine rings is 1. The molecule has 7 nitrogen and oxygen atoms in total. The van der Waals surface area contributed by atoms with Gasteiger partial charge < -0.3 is 9.80 Å². The predicted molar refractivity (Wildman–Crippen MR) is 104 cm³/mol. The second-order valence-corrected chi connectivity index (χ2v) is 7.36. The van der Waals surface area contributed by atoms with E-state index < -0.39 is 0 Å². The van der Waals surface area contributed by atoms with Gasteiger partial charge in [0.05, 0.1) is 11.9 Å². The minimum Gasteiger partial charge on any atom is -0.350 e. The Labute approximate surface area is 162 Å². The lowest BCUT2D eigenvalue weighted by Gasteiger charge is -2.40. The van der Waals surface area contributed by atoms with E-state index in [4.69, 9.17) is 0 Å². The van der Waals surface area contributed by atoms with E-state index in [0.717, 1.165) is 17.2 Å². The SMILES string of the molecule is Cc1cc(C)n2nc(C)c(C(=O)N3CCN(c4ccc(F)cn4)C(C)C3)c2n1. The fourth-order valence-corrected chi connectivity index (χ4v) is 3.86. The molecule has 1 saturated heterocycles. The smallest absolute Gasteiger partial charge is 0.259 e. The maximum atomic E-state index is 13.3. The number of fused-ring (bicyclic) bond motifs is 1. The summed E-state index contributed by atoms with van der Waals surface area (Å²) < 4.78 is 14.9. The van der Waals surface area contributed by atoms with Gasteiger partial charge in [-0.3, -0.25) is 4.79 Å². The molecule has 4 rings (SSSR count). The third-order valence-electron chi connectivity index (χ3n) is 5.20. The second-order valence-electron chi connectivity index (χ2n) is 7.36. The minimum atomic E-state index is -0.355. The van der Waals surface area contributed by atoms with E-state index >= 15 is 0 Å². The van der Waals surface area contributed by atoms with E-state index in [1.54, 1.807) is 10.6 Å². The largest absolute Gasteiger partial charge is 0.350 e. The van der Waals surface area contributed by atoms with Gasteiger partial charge in [0.15, 0.2) is 5.65 Å². The number of aromatic nitrogens is 4. The molecule has 1 fully saturated rings. The lowest BCUT2D eigenvalue weighted by atomic mass is 10.1. The number of hydrogen-bond acceptors (Lipinski definition) is 5. The Morgan fingerprint density at radius 3 is 2.68 bits per heavy atom. The highest BCUT2D eigenvalue weighted by atomic mass is 19.1. The van der Waals surface area contributed by atoms with Crippen LogP contribution >= 0.6 is 0 Å². The number of aryl methyl sites for hydroxylation is 3. The molecule has 28 heavy (non-hydrogen) atoms. The highest BCUT2D eigenvalue weighted by Gasteiger charge is 2.31. The van der Waals surface area contributed by atoms with Gasteiger partial charge in [-0.1, -0.05) is 0 Å². The maximum absolute atomic E-state index is 13.3. The average Bonchev–Trinajstić information content (AvgIpc) is 2.98. The second kappa shape index (κ2) is 6.85. The van der Waals surface area contributed by atoms with Crippen LogP contribution < -0.4 is 4.90 Å². The maximum Gasteiger partial charge on any atom is 0.259 e. The minimum absolute atomic E-state index is 0.0523. The van der Waals surface area contributed by atoms with E-state index in [1.807, 2.05) is 38.7 Å². The Balaban J connectivity index is 1.60. The Hall–Kier alpha value is -3.03. The predicted octanol–water partition coefficient (Wildman–Crippen LogP) is 2.54. The van der Waals surface area contributed by atoms with Crippen molar-refractivity contribution in [3.05, 3.63) is 52.9 Å². The number of nitrogens with zero attached hydrogens (tertiary/aromatic N) is 6. The molecule has 1 unspecified atom stereocenters. The van der Waals surface area contributed by atoms with Crippen molar-refractivity contribution in [2.75, 3.05) is 24.5 Å². The zero-order valence-electron chi connectivity index (χ0n) is 16.5. The third kappa shape index (κ3) is 3.08. The number of carbonyl (C=O) groups is 1. The molecule has 3 aromatic heterocycles. The van der Waals surface area contributed by atoms with Crippen LogP contribution in [-0.2, 0) is 0 Å². The van der Waals surface area contributed by atoms with Gasteiger partial charge in [0, 0.05) is 37.1 Å². The van der Waals surface area contributed by atoms with Crippen molar-refractivity contribution in [3.63, 3.8) is 0 Å². The lowest BCUT2D eigenvalue weighted by molar-refractivity contribution is 0.0727. The average molecular weight is 382 g/mol. The van der Waals surface area contributed by atoms with Crippen LogP contribution in [0.1, 0.15) is 34.4 Å². The van der Waals surface area contributed by atoms with Gasteiger partial charge in [-0.2, -0.15) is 5.10 Å². The summed E-state index contributed by atoms with van der Waals surface area (Å²) in [5.74, 6) is 0.316. The van der Waals surface area contributed by atoms with Crippen molar-refractivity contribution >= 4 is 17.4 Å². The standard InChI is InChI=1S/C20H23FN6O/c1-12-9-13(2)27-19(23-12)18(15(4)24-27)20(28)25-7-8-26(14(3)11-25)17-6-5-16(21)10-22-17/h5-6,9-10,14H,7-8,11H2,1-4H3. The van der Waals surface area contributed by atoms with Crippen LogP contribution in [0.25, 0.3) is 5.65 Å². The number of piperazine rings is 1. The molecule has 1 aliphatic heterocycles. The number of anilines is 1. The first-order valence-corrected chi connectivity index (χ1v) is 9.36. The van der Waals surface area contributed by atoms with Crippen molar-refractivity contribution in [1.82, 2.24) is 24.5 Å². The van der Waals surface area contributed by atoms with E-state index in [2.05, 4.69) is 20.0 Å². The van der Waals surface area contributed by atoms with Crippen molar-refractivity contribution in [1.29, 1.82) is 0 Å². The van der Waals surface area contributed by atoms with Gasteiger partial charge in [-0.05, 0) is 45.9 Å². The summed E-state index contributed by atoms with van der Waals surface area (Å²) in [6, 6.07) is 5.10. The van der Waals surface area contributed by atoms with Crippen LogP contribution in [-0.4, -0.2) is 56.1 Å². The number of hydrogen-bond donors (Lipinski definition) is 0. The van der Waals surface area contributed by atoms with E-state index in [9.17, 15) is 9.18 Å². The molecule has 0 aromatic carbocycles. The third-order valence-corrected chi connectivity index (χ3v) is 5.20. The van der Waals surface area contributed by atoms with Crippen molar-refractivity contribution in [2.24, 2.45) is 0 Å². The summed E-state index contributed by atoms with van der Waals surface area (Å²) in [5, 5.41) is 4.51. The molecule has 1 atom stereocenters. The molecular weight excluding hydrogens is 359 g/mol. The molecule has 8 heteroatoms. The zero-order valence-corrected chi connectivity index (χ0v) is 16.5. The molecule has 146 valence electrons. The first-order chi connectivity index (χ1) is 13.3. The fourth-order valence-electron chi connectivity index (χ4n) is 3.86. The summed E-state index contributed by atoms with van der Waals surface area (Å²) in [6.45, 7) is 9.51. The topological polar surface area (TPSA) is 66.6 Å². The first-order valence-electron chi connectivity index (χ1n) is 9.36. The normalized spacial score (nSPS) is 17.4. The Morgan fingerprint density at radius 1 is 1.21 bits per heavy atom. The van der Waals surface area contributed by atoms with Crippen LogP contribution in [0.2, 0.25) is 0 Å². The quantitative estimate of drug-likeness (QED) is 0.681. The summed E-state index contributed by atoms with van der Waals surface area (Å²) in [7, 11) is 0. The molecule has 0 bridgehead atoms. The summed E-state index contributed by atoms with van der Waals surface area (Å²) in [5.41, 5.74) is 3.66. The highest BCUT2D eigenvalue weighted by Crippen LogP contribution is 2.22. The molecule has 1 aliphatic rings. The van der Waals surface area contributed by atoms with Crippen LogP contribution in [0.4, 0.5) is 10.2 Å². The van der Waals surface area contributed by atoms with Crippen LogP contribution in [0.15, 0.2) is 24.4 Å². The molecular formula is C20H23FN6O. The first kappa shape index (κ1) is 18.3. The number of rotatable bonds is 2. The lowest BCUT2D eigenvalue weighted by Crippen LogP contribution is -2.54. The Bertz CT molecular complexity index is 1050. The summed E-state index contributed by atoms with van der Waals surface area (Å²) in [4.78, 5) is 26.0. The van der Waals surface area contributed by atoms with Gasteiger partial charge in [-0.15, -0.1) is 0 Å². The van der Waals surface area contributed by atoms with Gasteiger partial charge in [0.1, 0.15) is 17.2 Å². The van der Waals surface area contributed by atoms with E-state index in [-0.39, 0.29) is 17.8 Å². The van der Waals surface area contributed by atoms with Gasteiger partial charge in [-0.25, -0.2) is 18.9 Å². The van der Waals surface area contributed by atoms with Gasteiger partial charge >= 0.3 is 0 Å². The molecule has 3 aromatic rings. The van der Waals surface area contributed by atoms with Crippen molar-refractivity contribution in [2.45, 2.75) is 33.7 Å². The molecule has 4 heterocycles. The van der Waals surface area contributed by atoms with Crippen LogP contribution in [0.5, 0.6) is 0 Å². The van der Waals surface area contributed by atoms with Crippen LogP contribution in [0.3, 0.4) is 0 Å². The van der Waals surface area contributed by atoms with Gasteiger partial charge in [0.2, 0.25) is 0 Å². The van der Waals surface area contributed by atoms with E-state index in [1.165, 1.54) is 12.3 Å². The number of halogens is 1. The zero-order chi connectivity index (χ0) is 20.0. The monoisotopic (exact) mass is 382 g/mol. The van der Waals surface area contributed by atoms with Gasteiger partial charge in [0.25, 0.3) is 5.91 Å². The molecule has 0 radical (unpaired) electrons. The van der Waals surface area contributed by atoms with Crippen molar-refractivity contribution < 1.29 is 9.18 Å². The fraction of sp³-hybridized carbons (Fsp3) is 0.400. The molecule has 0 saturated carbocycles. The molecule has 0 spiro atoms. The Morgan fingerprint density at radius 2 is 2.00 bits per heavy atom. The highest BCUT2D eigenvalue weighted by molar-refractivity contribution is 6.01. The molecule has 0 N–H and O–H groups in total.